The van der Waals surface area contributed by atoms with Gasteiger partial charge in [0.1, 0.15) is 12.0 Å². The third-order valence-corrected chi connectivity index (χ3v) is 7.96. The van der Waals surface area contributed by atoms with Crippen LogP contribution in [0.25, 0.3) is 0 Å². The second kappa shape index (κ2) is 19.7. The molecule has 0 radical (unpaired) electrons. The lowest BCUT2D eigenvalue weighted by Gasteiger charge is -2.23. The van der Waals surface area contributed by atoms with Gasteiger partial charge in [0, 0.05) is 18.4 Å². The average Bonchev–Trinajstić information content (AvgIpc) is 3.30. The fraction of sp³-hybridized carbons (Fsp3) is 0.514. The molecule has 1 saturated carbocycles. The van der Waals surface area contributed by atoms with Gasteiger partial charge in [-0.2, -0.15) is 0 Å². The Morgan fingerprint density at radius 1 is 0.886 bits per heavy atom. The maximum Gasteiger partial charge on any atom is 0.344 e. The van der Waals surface area contributed by atoms with Crippen LogP contribution in [0.1, 0.15) is 73.7 Å². The van der Waals surface area contributed by atoms with E-state index in [2.05, 4.69) is 12.1 Å². The van der Waals surface area contributed by atoms with E-state index in [1.54, 1.807) is 18.2 Å². The number of allylic oxidation sites excluding steroid dienone is 2. The van der Waals surface area contributed by atoms with Crippen molar-refractivity contribution in [2.45, 2.75) is 82.5 Å². The molecule has 5 atom stereocenters. The lowest BCUT2D eigenvalue weighted by atomic mass is 9.85. The third kappa shape index (κ3) is 13.0. The summed E-state index contributed by atoms with van der Waals surface area (Å²) in [5.74, 6) is -0.577. The number of hydrogen-bond acceptors (Lipinski definition) is 9. The lowest BCUT2D eigenvalue weighted by molar-refractivity contribution is -0.147. The van der Waals surface area contributed by atoms with Crippen LogP contribution >= 0.6 is 0 Å². The molecule has 0 heterocycles. The monoisotopic (exact) mass is 610 g/mol. The second-order valence-corrected chi connectivity index (χ2v) is 11.3. The van der Waals surface area contributed by atoms with Gasteiger partial charge in [-0.05, 0) is 80.9 Å². The summed E-state index contributed by atoms with van der Waals surface area (Å²) in [7, 11) is 0. The van der Waals surface area contributed by atoms with Crippen molar-refractivity contribution in [3.63, 3.8) is 0 Å². The first-order valence-electron chi connectivity index (χ1n) is 15.6. The Hall–Kier alpha value is -3.53. The molecule has 0 amide bonds. The van der Waals surface area contributed by atoms with Crippen molar-refractivity contribution < 1.29 is 43.9 Å². The van der Waals surface area contributed by atoms with E-state index in [1.165, 1.54) is 11.6 Å². The van der Waals surface area contributed by atoms with E-state index >= 15 is 0 Å². The smallest absolute Gasteiger partial charge is 0.344 e. The van der Waals surface area contributed by atoms with Crippen LogP contribution in [-0.4, -0.2) is 71.7 Å². The molecule has 3 N–H and O–H groups in total. The predicted octanol–water partition coefficient (Wildman–Crippen LogP) is 4.60. The molecule has 44 heavy (non-hydrogen) atoms. The molecular weight excluding hydrogens is 564 g/mol. The number of aryl methyl sites for hydroxylation is 1. The minimum atomic E-state index is -0.566. The van der Waals surface area contributed by atoms with E-state index in [0.29, 0.717) is 69.0 Å². The summed E-state index contributed by atoms with van der Waals surface area (Å²) >= 11 is 0. The molecule has 0 bridgehead atoms. The zero-order valence-electron chi connectivity index (χ0n) is 25.3. The van der Waals surface area contributed by atoms with Crippen LogP contribution in [0.4, 0.5) is 0 Å². The number of aliphatic hydroxyl groups is 3. The maximum absolute atomic E-state index is 12.0. The Bertz CT molecular complexity index is 1170. The fourth-order valence-corrected chi connectivity index (χ4v) is 5.51. The molecular formula is C35H46O9. The Balaban J connectivity index is 1.21. The summed E-state index contributed by atoms with van der Waals surface area (Å²) < 4.78 is 15.6. The van der Waals surface area contributed by atoms with Gasteiger partial charge in [-0.3, -0.25) is 9.59 Å². The summed E-state index contributed by atoms with van der Waals surface area (Å²) in [6.45, 7) is -0.0365. The minimum absolute atomic E-state index is 0.0525. The van der Waals surface area contributed by atoms with Crippen LogP contribution in [0.3, 0.4) is 0 Å². The number of aldehydes is 1. The standard InChI is InChI=1S/C35H46O9/c36-24-27-12-8-13-29(22-27)44-25-35(41)43-21-9-20-42-34(40)15-7-2-1-6-14-30-31(33(39)23-32(30)38)19-18-28(37)17-16-26-10-4-3-5-11-26/h1,3-6,8,10-13,22,24,28,30-33,37-39H,2,7,9,14-21,23,25H2/t28-,30+,31+,32-,33+/m0/s1. The van der Waals surface area contributed by atoms with Gasteiger partial charge in [0.15, 0.2) is 6.61 Å². The minimum Gasteiger partial charge on any atom is -0.482 e. The molecule has 0 saturated heterocycles. The molecule has 0 aliphatic heterocycles. The van der Waals surface area contributed by atoms with Gasteiger partial charge in [-0.15, -0.1) is 0 Å². The molecule has 2 aromatic carbocycles. The van der Waals surface area contributed by atoms with Crippen molar-refractivity contribution in [2.75, 3.05) is 19.8 Å². The maximum atomic E-state index is 12.0. The van der Waals surface area contributed by atoms with Crippen LogP contribution in [-0.2, 0) is 25.5 Å². The zero-order valence-corrected chi connectivity index (χ0v) is 25.3. The molecule has 240 valence electrons. The van der Waals surface area contributed by atoms with Gasteiger partial charge in [0.05, 0.1) is 31.5 Å². The van der Waals surface area contributed by atoms with Gasteiger partial charge in [0.2, 0.25) is 0 Å². The summed E-state index contributed by atoms with van der Waals surface area (Å²) in [4.78, 5) is 34.6. The highest BCUT2D eigenvalue weighted by atomic mass is 16.6. The van der Waals surface area contributed by atoms with E-state index in [-0.39, 0.29) is 44.0 Å². The Morgan fingerprint density at radius 2 is 1.64 bits per heavy atom. The van der Waals surface area contributed by atoms with Gasteiger partial charge in [0.25, 0.3) is 0 Å². The number of unbranched alkanes of at least 4 members (excludes halogenated alkanes) is 1. The van der Waals surface area contributed by atoms with Crippen molar-refractivity contribution in [3.8, 4) is 5.75 Å². The van der Waals surface area contributed by atoms with E-state index in [0.717, 1.165) is 6.42 Å². The van der Waals surface area contributed by atoms with Crippen LogP contribution in [0, 0.1) is 11.8 Å². The quantitative estimate of drug-likeness (QED) is 0.0849. The van der Waals surface area contributed by atoms with Crippen LogP contribution in [0.2, 0.25) is 0 Å². The molecule has 1 fully saturated rings. The third-order valence-electron chi connectivity index (χ3n) is 7.96. The van der Waals surface area contributed by atoms with Crippen molar-refractivity contribution >= 4 is 18.2 Å². The first kappa shape index (κ1) is 35.0. The number of ether oxygens (including phenoxy) is 3. The van der Waals surface area contributed by atoms with Crippen molar-refractivity contribution in [1.82, 2.24) is 0 Å². The largest absolute Gasteiger partial charge is 0.482 e. The molecule has 9 nitrogen and oxygen atoms in total. The molecule has 0 unspecified atom stereocenters. The van der Waals surface area contributed by atoms with Gasteiger partial charge >= 0.3 is 11.9 Å². The van der Waals surface area contributed by atoms with Gasteiger partial charge < -0.3 is 29.5 Å². The van der Waals surface area contributed by atoms with Gasteiger partial charge in [-0.1, -0.05) is 54.6 Å². The first-order chi connectivity index (χ1) is 21.4. The molecule has 1 aliphatic rings. The topological polar surface area (TPSA) is 140 Å². The van der Waals surface area contributed by atoms with Gasteiger partial charge in [-0.25, -0.2) is 4.79 Å². The van der Waals surface area contributed by atoms with E-state index in [4.69, 9.17) is 14.2 Å². The second-order valence-electron chi connectivity index (χ2n) is 11.3. The summed E-state index contributed by atoms with van der Waals surface area (Å²) in [5.41, 5.74) is 1.64. The summed E-state index contributed by atoms with van der Waals surface area (Å²) in [6.07, 6.45) is 8.83. The molecule has 0 aromatic heterocycles. The number of hydrogen-bond donors (Lipinski definition) is 3. The number of rotatable bonds is 20. The van der Waals surface area contributed by atoms with E-state index in [9.17, 15) is 29.7 Å². The highest BCUT2D eigenvalue weighted by molar-refractivity contribution is 5.75. The molecule has 0 spiro atoms. The number of esters is 2. The summed E-state index contributed by atoms with van der Waals surface area (Å²) in [6, 6.07) is 16.5. The van der Waals surface area contributed by atoms with Crippen LogP contribution in [0.5, 0.6) is 5.75 Å². The van der Waals surface area contributed by atoms with Crippen molar-refractivity contribution in [1.29, 1.82) is 0 Å². The van der Waals surface area contributed by atoms with Crippen molar-refractivity contribution in [3.05, 3.63) is 77.9 Å². The number of carbonyl (C=O) groups is 3. The number of benzene rings is 2. The Kier molecular flexibility index (Phi) is 15.6. The van der Waals surface area contributed by atoms with Crippen molar-refractivity contribution in [2.24, 2.45) is 11.8 Å². The molecule has 1 aliphatic carbocycles. The predicted molar refractivity (Wildman–Crippen MR) is 165 cm³/mol. The average molecular weight is 611 g/mol. The Morgan fingerprint density at radius 3 is 2.41 bits per heavy atom. The van der Waals surface area contributed by atoms with Crippen LogP contribution < -0.4 is 4.74 Å². The SMILES string of the molecule is O=Cc1cccc(OCC(=O)OCCCOC(=O)CCCC=CC[C@@H]2[C@@H](CC[C@@H](O)CCc3ccccc3)[C@H](O)C[C@@H]2O)c1. The molecule has 9 heteroatoms. The molecule has 3 rings (SSSR count). The molecule has 2 aromatic rings. The highest BCUT2D eigenvalue weighted by Crippen LogP contribution is 2.38. The summed E-state index contributed by atoms with van der Waals surface area (Å²) in [5, 5.41) is 31.5. The first-order valence-corrected chi connectivity index (χ1v) is 15.6. The normalized spacial score (nSPS) is 20.3. The zero-order chi connectivity index (χ0) is 31.6. The lowest BCUT2D eigenvalue weighted by Crippen LogP contribution is -2.23. The fourth-order valence-electron chi connectivity index (χ4n) is 5.51. The number of carbonyl (C=O) groups excluding carboxylic acids is 3. The Labute approximate surface area is 259 Å². The highest BCUT2D eigenvalue weighted by Gasteiger charge is 2.40. The number of aliphatic hydroxyl groups excluding tert-OH is 3. The van der Waals surface area contributed by atoms with E-state index < -0.39 is 24.3 Å². The van der Waals surface area contributed by atoms with E-state index in [1.807, 2.05) is 30.4 Å². The van der Waals surface area contributed by atoms with Crippen LogP contribution in [0.15, 0.2) is 66.7 Å².